The summed E-state index contributed by atoms with van der Waals surface area (Å²) in [4.78, 5) is 31.3. The number of H-pyrrole nitrogens is 1. The molecule has 4 rings (SSSR count). The lowest BCUT2D eigenvalue weighted by Gasteiger charge is -2.36. The number of nitrogens with zero attached hydrogens (tertiary/aromatic N) is 2. The highest BCUT2D eigenvalue weighted by atomic mass is 32.1. The van der Waals surface area contributed by atoms with Crippen molar-refractivity contribution in [3.8, 4) is 5.75 Å². The minimum Gasteiger partial charge on any atom is -0.495 e. The number of rotatable bonds is 8. The number of anilines is 1. The van der Waals surface area contributed by atoms with Gasteiger partial charge in [0.25, 0.3) is 5.91 Å². The Morgan fingerprint density at radius 2 is 1.94 bits per heavy atom. The molecule has 3 aromatic rings. The lowest BCUT2D eigenvalue weighted by molar-refractivity contribution is 0.0952. The van der Waals surface area contributed by atoms with Crippen LogP contribution in [0.4, 0.5) is 5.69 Å². The molecular formula is C23H28N4O3S. The number of thiazole rings is 1. The van der Waals surface area contributed by atoms with Gasteiger partial charge >= 0.3 is 4.87 Å². The van der Waals surface area contributed by atoms with E-state index in [1.165, 1.54) is 0 Å². The summed E-state index contributed by atoms with van der Waals surface area (Å²) in [5.41, 5.74) is 2.46. The van der Waals surface area contributed by atoms with Crippen LogP contribution in [-0.2, 0) is 0 Å². The summed E-state index contributed by atoms with van der Waals surface area (Å²) in [6.45, 7) is 5.73. The largest absolute Gasteiger partial charge is 0.495 e. The second-order valence-corrected chi connectivity index (χ2v) is 8.70. The van der Waals surface area contributed by atoms with Crippen LogP contribution in [0.1, 0.15) is 23.2 Å². The van der Waals surface area contributed by atoms with Crippen LogP contribution in [0.3, 0.4) is 0 Å². The first-order valence-corrected chi connectivity index (χ1v) is 11.5. The van der Waals surface area contributed by atoms with Crippen molar-refractivity contribution in [2.45, 2.75) is 12.8 Å². The van der Waals surface area contributed by atoms with Gasteiger partial charge in [-0.1, -0.05) is 23.5 Å². The topological polar surface area (TPSA) is 77.7 Å². The molecule has 1 aliphatic rings. The maximum absolute atomic E-state index is 12.4. The quantitative estimate of drug-likeness (QED) is 0.527. The maximum Gasteiger partial charge on any atom is 0.305 e. The number of amides is 1. The number of nitrogens with one attached hydrogen (secondary N) is 2. The van der Waals surface area contributed by atoms with Gasteiger partial charge in [0.05, 0.1) is 23.0 Å². The van der Waals surface area contributed by atoms with Crippen molar-refractivity contribution in [3.63, 3.8) is 0 Å². The summed E-state index contributed by atoms with van der Waals surface area (Å²) in [6.07, 6.45) is 1.99. The first-order valence-electron chi connectivity index (χ1n) is 10.7. The maximum atomic E-state index is 12.4. The van der Waals surface area contributed by atoms with Crippen molar-refractivity contribution in [1.29, 1.82) is 0 Å². The number of ether oxygens (including phenoxy) is 1. The Bertz CT molecular complexity index is 1090. The van der Waals surface area contributed by atoms with E-state index in [0.717, 1.165) is 78.6 Å². The number of aromatic amines is 1. The number of unbranched alkanes of at least 4 members (excludes halogenated alkanes) is 1. The van der Waals surface area contributed by atoms with Gasteiger partial charge in [-0.3, -0.25) is 14.5 Å². The summed E-state index contributed by atoms with van der Waals surface area (Å²) in [6, 6.07) is 13.5. The molecule has 0 radical (unpaired) electrons. The normalized spacial score (nSPS) is 14.7. The van der Waals surface area contributed by atoms with Gasteiger partial charge in [-0.2, -0.15) is 0 Å². The summed E-state index contributed by atoms with van der Waals surface area (Å²) >= 11 is 1.15. The van der Waals surface area contributed by atoms with Gasteiger partial charge in [0.1, 0.15) is 5.75 Å². The zero-order chi connectivity index (χ0) is 21.6. The molecule has 1 amide bonds. The van der Waals surface area contributed by atoms with Crippen molar-refractivity contribution < 1.29 is 9.53 Å². The molecule has 2 heterocycles. The monoisotopic (exact) mass is 440 g/mol. The SMILES string of the molecule is COc1ccccc1N1CCN(CCCCNC(=O)c2ccc3sc(=O)[nH]c3c2)CC1. The minimum atomic E-state index is -0.101. The molecule has 0 bridgehead atoms. The predicted octanol–water partition coefficient (Wildman–Crippen LogP) is 2.93. The highest BCUT2D eigenvalue weighted by Gasteiger charge is 2.19. The van der Waals surface area contributed by atoms with Gasteiger partial charge in [-0.25, -0.2) is 0 Å². The Hall–Kier alpha value is -2.84. The average Bonchev–Trinajstić information content (AvgIpc) is 3.18. The van der Waals surface area contributed by atoms with Crippen molar-refractivity contribution >= 4 is 33.1 Å². The third-order valence-electron chi connectivity index (χ3n) is 5.67. The Morgan fingerprint density at radius 1 is 1.13 bits per heavy atom. The van der Waals surface area contributed by atoms with Gasteiger partial charge in [-0.05, 0) is 49.7 Å². The number of benzene rings is 2. The van der Waals surface area contributed by atoms with E-state index < -0.39 is 0 Å². The van der Waals surface area contributed by atoms with Gasteiger partial charge in [-0.15, -0.1) is 0 Å². The van der Waals surface area contributed by atoms with Crippen LogP contribution in [0.2, 0.25) is 0 Å². The van der Waals surface area contributed by atoms with E-state index in [0.29, 0.717) is 12.1 Å². The second kappa shape index (κ2) is 9.98. The third kappa shape index (κ3) is 5.26. The summed E-state index contributed by atoms with van der Waals surface area (Å²) in [5, 5.41) is 2.98. The number of hydrogen-bond donors (Lipinski definition) is 2. The molecule has 2 aromatic carbocycles. The molecule has 164 valence electrons. The van der Waals surface area contributed by atoms with Crippen LogP contribution < -0.4 is 19.8 Å². The van der Waals surface area contributed by atoms with E-state index in [1.54, 1.807) is 19.2 Å². The van der Waals surface area contributed by atoms with Crippen LogP contribution >= 0.6 is 11.3 Å². The van der Waals surface area contributed by atoms with Crippen molar-refractivity contribution in [2.24, 2.45) is 0 Å². The second-order valence-electron chi connectivity index (χ2n) is 7.69. The fourth-order valence-corrected chi connectivity index (χ4v) is 4.68. The number of carbonyl (C=O) groups excluding carboxylic acids is 1. The number of para-hydroxylation sites is 2. The summed E-state index contributed by atoms with van der Waals surface area (Å²) in [5.74, 6) is 0.829. The van der Waals surface area contributed by atoms with E-state index >= 15 is 0 Å². The third-order valence-corrected chi connectivity index (χ3v) is 6.53. The van der Waals surface area contributed by atoms with E-state index in [1.807, 2.05) is 18.2 Å². The summed E-state index contributed by atoms with van der Waals surface area (Å²) in [7, 11) is 1.72. The zero-order valence-corrected chi connectivity index (χ0v) is 18.5. The lowest BCUT2D eigenvalue weighted by Crippen LogP contribution is -2.46. The Labute approximate surface area is 185 Å². The molecule has 1 fully saturated rings. The standard InChI is InChI=1S/C23H28N4O3S/c1-30-20-7-3-2-6-19(20)27-14-12-26(13-15-27)11-5-4-10-24-22(28)17-8-9-21-18(16-17)25-23(29)31-21/h2-3,6-9,16H,4-5,10-15H2,1H3,(H,24,28)(H,25,29). The molecular weight excluding hydrogens is 412 g/mol. The molecule has 1 saturated heterocycles. The number of methoxy groups -OCH3 is 1. The van der Waals surface area contributed by atoms with Crippen molar-refractivity contribution in [2.75, 3.05) is 51.3 Å². The molecule has 8 heteroatoms. The Kier molecular flexibility index (Phi) is 6.89. The molecule has 0 spiro atoms. The molecule has 7 nitrogen and oxygen atoms in total. The molecule has 1 aromatic heterocycles. The van der Waals surface area contributed by atoms with Crippen LogP contribution in [0.5, 0.6) is 5.75 Å². The van der Waals surface area contributed by atoms with Crippen LogP contribution in [0.25, 0.3) is 10.2 Å². The van der Waals surface area contributed by atoms with Gasteiger partial charge in [0, 0.05) is 38.3 Å². The van der Waals surface area contributed by atoms with Gasteiger partial charge in [0.15, 0.2) is 0 Å². The van der Waals surface area contributed by atoms with E-state index in [2.05, 4.69) is 32.2 Å². The first-order chi connectivity index (χ1) is 15.1. The molecule has 0 unspecified atom stereocenters. The fraction of sp³-hybridized carbons (Fsp3) is 0.391. The highest BCUT2D eigenvalue weighted by Crippen LogP contribution is 2.28. The number of aromatic nitrogens is 1. The van der Waals surface area contributed by atoms with E-state index in [4.69, 9.17) is 4.74 Å². The summed E-state index contributed by atoms with van der Waals surface area (Å²) < 4.78 is 6.35. The molecule has 1 aliphatic heterocycles. The van der Waals surface area contributed by atoms with E-state index in [9.17, 15) is 9.59 Å². The molecule has 0 atom stereocenters. The zero-order valence-electron chi connectivity index (χ0n) is 17.7. The van der Waals surface area contributed by atoms with Crippen LogP contribution in [0.15, 0.2) is 47.3 Å². The number of fused-ring (bicyclic) bond motifs is 1. The molecule has 2 N–H and O–H groups in total. The number of carbonyl (C=O) groups is 1. The first kappa shape index (κ1) is 21.4. The fourth-order valence-electron chi connectivity index (χ4n) is 3.96. The molecule has 0 saturated carbocycles. The van der Waals surface area contributed by atoms with Crippen LogP contribution in [-0.4, -0.2) is 62.2 Å². The minimum absolute atomic E-state index is 0.0978. The smallest absolute Gasteiger partial charge is 0.305 e. The number of piperazine rings is 1. The Balaban J connectivity index is 1.16. The molecule has 31 heavy (non-hydrogen) atoms. The Morgan fingerprint density at radius 3 is 2.74 bits per heavy atom. The lowest BCUT2D eigenvalue weighted by atomic mass is 10.2. The van der Waals surface area contributed by atoms with Crippen LogP contribution in [0, 0.1) is 0 Å². The molecule has 0 aliphatic carbocycles. The van der Waals surface area contributed by atoms with Crippen molar-refractivity contribution in [3.05, 3.63) is 57.7 Å². The van der Waals surface area contributed by atoms with Crippen molar-refractivity contribution in [1.82, 2.24) is 15.2 Å². The van der Waals surface area contributed by atoms with Gasteiger partial charge in [0.2, 0.25) is 0 Å². The van der Waals surface area contributed by atoms with Gasteiger partial charge < -0.3 is 19.9 Å². The highest BCUT2D eigenvalue weighted by molar-refractivity contribution is 7.16. The van der Waals surface area contributed by atoms with E-state index in [-0.39, 0.29) is 10.8 Å². The number of hydrogen-bond acceptors (Lipinski definition) is 6. The average molecular weight is 441 g/mol. The predicted molar refractivity (Wildman–Crippen MR) is 126 cm³/mol.